The maximum atomic E-state index is 13.0. The molecule has 27 heavy (non-hydrogen) atoms. The molecule has 0 radical (unpaired) electrons. The zero-order valence-corrected chi connectivity index (χ0v) is 16.1. The number of benzene rings is 2. The van der Waals surface area contributed by atoms with Gasteiger partial charge in [0.1, 0.15) is 0 Å². The summed E-state index contributed by atoms with van der Waals surface area (Å²) in [6.45, 7) is 1.35. The van der Waals surface area contributed by atoms with Crippen LogP contribution in [0.25, 0.3) is 0 Å². The highest BCUT2D eigenvalue weighted by molar-refractivity contribution is 6.36. The molecule has 2 aliphatic rings. The lowest BCUT2D eigenvalue weighted by Crippen LogP contribution is -2.35. The molecule has 1 N–H and O–H groups in total. The van der Waals surface area contributed by atoms with Crippen molar-refractivity contribution >= 4 is 29.1 Å². The second-order valence-corrected chi connectivity index (χ2v) is 7.77. The van der Waals surface area contributed by atoms with Crippen molar-refractivity contribution in [3.8, 4) is 11.5 Å². The fraction of sp³-hybridized carbons (Fsp3) is 0.350. The highest BCUT2D eigenvalue weighted by Gasteiger charge is 2.42. The van der Waals surface area contributed by atoms with Gasteiger partial charge in [-0.2, -0.15) is 0 Å². The van der Waals surface area contributed by atoms with Crippen molar-refractivity contribution in [2.75, 3.05) is 26.5 Å². The minimum Gasteiger partial charge on any atom is -0.454 e. The molecular weight excluding hydrogens is 389 g/mol. The van der Waals surface area contributed by atoms with Crippen LogP contribution < -0.4 is 9.47 Å². The van der Waals surface area contributed by atoms with Crippen LogP contribution in [0.1, 0.15) is 28.8 Å². The quantitative estimate of drug-likeness (QED) is 0.834. The lowest BCUT2D eigenvalue weighted by atomic mass is 9.77. The summed E-state index contributed by atoms with van der Waals surface area (Å²) in [5.41, 5.74) is 1.15. The van der Waals surface area contributed by atoms with Crippen molar-refractivity contribution in [1.29, 1.82) is 0 Å². The molecule has 2 aliphatic heterocycles. The van der Waals surface area contributed by atoms with E-state index in [4.69, 9.17) is 32.7 Å². The summed E-state index contributed by atoms with van der Waals surface area (Å²) in [5.74, 6) is 1.30. The molecule has 1 unspecified atom stereocenters. The highest BCUT2D eigenvalue weighted by atomic mass is 35.5. The molecule has 0 bridgehead atoms. The number of halogens is 2. The number of carbonyl (C=O) groups is 1. The Bertz CT molecular complexity index is 888. The van der Waals surface area contributed by atoms with Crippen LogP contribution in [0.15, 0.2) is 36.4 Å². The van der Waals surface area contributed by atoms with Gasteiger partial charge < -0.3 is 19.5 Å². The van der Waals surface area contributed by atoms with Crippen molar-refractivity contribution in [3.05, 3.63) is 57.6 Å². The van der Waals surface area contributed by atoms with Gasteiger partial charge in [0.15, 0.2) is 11.5 Å². The summed E-state index contributed by atoms with van der Waals surface area (Å²) >= 11 is 12.1. The summed E-state index contributed by atoms with van der Waals surface area (Å²) in [7, 11) is 0. The van der Waals surface area contributed by atoms with Crippen molar-refractivity contribution in [2.45, 2.75) is 18.3 Å². The second-order valence-electron chi connectivity index (χ2n) is 6.92. The van der Waals surface area contributed by atoms with Crippen molar-refractivity contribution in [1.82, 2.24) is 4.90 Å². The summed E-state index contributed by atoms with van der Waals surface area (Å²) in [5, 5.41) is 10.5. The van der Waals surface area contributed by atoms with Crippen LogP contribution >= 0.6 is 23.2 Å². The smallest absolute Gasteiger partial charge is 0.255 e. The minimum absolute atomic E-state index is 0.0399. The Morgan fingerprint density at radius 3 is 2.74 bits per heavy atom. The van der Waals surface area contributed by atoms with Crippen LogP contribution in [-0.4, -0.2) is 42.4 Å². The van der Waals surface area contributed by atoms with Crippen LogP contribution in [0.4, 0.5) is 0 Å². The summed E-state index contributed by atoms with van der Waals surface area (Å²) < 4.78 is 10.9. The van der Waals surface area contributed by atoms with E-state index in [2.05, 4.69) is 0 Å². The minimum atomic E-state index is -0.329. The van der Waals surface area contributed by atoms with Gasteiger partial charge >= 0.3 is 0 Å². The number of fused-ring (bicyclic) bond motifs is 1. The number of ether oxygens (including phenoxy) is 2. The van der Waals surface area contributed by atoms with Gasteiger partial charge in [-0.1, -0.05) is 29.3 Å². The molecule has 4 rings (SSSR count). The number of aliphatic hydroxyl groups is 1. The predicted molar refractivity (Wildman–Crippen MR) is 103 cm³/mol. The molecule has 0 spiro atoms. The highest BCUT2D eigenvalue weighted by Crippen LogP contribution is 2.43. The van der Waals surface area contributed by atoms with Crippen LogP contribution in [-0.2, 0) is 5.41 Å². The Balaban J connectivity index is 1.61. The molecular formula is C20H19Cl2NO4. The number of amides is 1. The third-order valence-electron chi connectivity index (χ3n) is 5.38. The molecule has 0 aromatic heterocycles. The van der Waals surface area contributed by atoms with Crippen LogP contribution in [0.2, 0.25) is 10.0 Å². The van der Waals surface area contributed by atoms with Gasteiger partial charge in [-0.3, -0.25) is 4.79 Å². The Morgan fingerprint density at radius 1 is 1.15 bits per heavy atom. The normalized spacial score (nSPS) is 20.9. The van der Waals surface area contributed by atoms with Crippen LogP contribution in [0.3, 0.4) is 0 Å². The fourth-order valence-electron chi connectivity index (χ4n) is 3.90. The third kappa shape index (κ3) is 3.35. The van der Waals surface area contributed by atoms with E-state index in [0.29, 0.717) is 40.9 Å². The summed E-state index contributed by atoms with van der Waals surface area (Å²) in [6, 6.07) is 10.7. The SMILES string of the molecule is O=C(c1ccc(Cl)cc1Cl)N1CCC(CCO)(c2ccc3c(c2)OCO3)C1. The first kappa shape index (κ1) is 18.4. The van der Waals surface area contributed by atoms with Crippen molar-refractivity contribution < 1.29 is 19.4 Å². The molecule has 5 nitrogen and oxygen atoms in total. The van der Waals surface area contributed by atoms with Gasteiger partial charge in [-0.15, -0.1) is 0 Å². The number of aliphatic hydroxyl groups excluding tert-OH is 1. The Kier molecular flexibility index (Phi) is 4.93. The molecule has 1 atom stereocenters. The Labute approximate surface area is 167 Å². The van der Waals surface area contributed by atoms with E-state index >= 15 is 0 Å². The monoisotopic (exact) mass is 407 g/mol. The number of rotatable bonds is 4. The molecule has 2 aromatic rings. The number of hydrogen-bond acceptors (Lipinski definition) is 4. The third-order valence-corrected chi connectivity index (χ3v) is 5.93. The van der Waals surface area contributed by atoms with E-state index < -0.39 is 0 Å². The summed E-state index contributed by atoms with van der Waals surface area (Å²) in [6.07, 6.45) is 1.31. The van der Waals surface area contributed by atoms with E-state index in [1.165, 1.54) is 0 Å². The molecule has 142 valence electrons. The van der Waals surface area contributed by atoms with Gasteiger partial charge in [0, 0.05) is 30.1 Å². The second kappa shape index (κ2) is 7.23. The number of hydrogen-bond donors (Lipinski definition) is 1. The maximum absolute atomic E-state index is 13.0. The van der Waals surface area contributed by atoms with E-state index in [-0.39, 0.29) is 24.7 Å². The van der Waals surface area contributed by atoms with Gasteiger partial charge in [0.25, 0.3) is 5.91 Å². The molecule has 1 fully saturated rings. The van der Waals surface area contributed by atoms with Crippen molar-refractivity contribution in [3.63, 3.8) is 0 Å². The molecule has 0 aliphatic carbocycles. The van der Waals surface area contributed by atoms with Gasteiger partial charge in [0.2, 0.25) is 6.79 Å². The van der Waals surface area contributed by atoms with E-state index in [1.54, 1.807) is 23.1 Å². The Hall–Kier alpha value is -1.95. The fourth-order valence-corrected chi connectivity index (χ4v) is 4.39. The number of likely N-dealkylation sites (tertiary alicyclic amines) is 1. The van der Waals surface area contributed by atoms with Gasteiger partial charge in [0.05, 0.1) is 10.6 Å². The predicted octanol–water partition coefficient (Wildman–Crippen LogP) is 3.89. The summed E-state index contributed by atoms with van der Waals surface area (Å²) in [4.78, 5) is 14.8. The van der Waals surface area contributed by atoms with E-state index in [0.717, 1.165) is 17.7 Å². The molecule has 1 saturated heterocycles. The largest absolute Gasteiger partial charge is 0.454 e. The van der Waals surface area contributed by atoms with Crippen LogP contribution in [0, 0.1) is 0 Å². The molecule has 7 heteroatoms. The zero-order valence-electron chi connectivity index (χ0n) is 14.6. The van der Waals surface area contributed by atoms with Gasteiger partial charge in [-0.25, -0.2) is 0 Å². The zero-order chi connectivity index (χ0) is 19.0. The molecule has 1 amide bonds. The van der Waals surface area contributed by atoms with Gasteiger partial charge in [-0.05, 0) is 48.7 Å². The molecule has 0 saturated carbocycles. The van der Waals surface area contributed by atoms with Crippen molar-refractivity contribution in [2.24, 2.45) is 0 Å². The first-order valence-corrected chi connectivity index (χ1v) is 9.53. The molecule has 2 aromatic carbocycles. The number of carbonyl (C=O) groups excluding carboxylic acids is 1. The maximum Gasteiger partial charge on any atom is 0.255 e. The van der Waals surface area contributed by atoms with E-state index in [9.17, 15) is 9.90 Å². The first-order chi connectivity index (χ1) is 13.0. The molecule has 2 heterocycles. The topological polar surface area (TPSA) is 59.0 Å². The lowest BCUT2D eigenvalue weighted by Gasteiger charge is -2.29. The standard InChI is InChI=1S/C20H19Cl2NO4/c21-14-2-3-15(16(22)10-14)19(25)23-7-5-20(11-23,6-8-24)13-1-4-17-18(9-13)27-12-26-17/h1-4,9-10,24H,5-8,11-12H2. The lowest BCUT2D eigenvalue weighted by molar-refractivity contribution is 0.0779. The number of nitrogens with zero attached hydrogens (tertiary/aromatic N) is 1. The van der Waals surface area contributed by atoms with Crippen LogP contribution in [0.5, 0.6) is 11.5 Å². The Morgan fingerprint density at radius 2 is 1.96 bits per heavy atom. The van der Waals surface area contributed by atoms with E-state index in [1.807, 2.05) is 18.2 Å². The average Bonchev–Trinajstić information content (AvgIpc) is 3.28. The average molecular weight is 408 g/mol. The first-order valence-electron chi connectivity index (χ1n) is 8.78.